The molecule has 1 unspecified atom stereocenters. The van der Waals surface area contributed by atoms with Gasteiger partial charge in [-0.25, -0.2) is 9.99 Å². The zero-order valence-electron chi connectivity index (χ0n) is 11.1. The van der Waals surface area contributed by atoms with E-state index in [9.17, 15) is 4.79 Å². The molecule has 104 valence electrons. The molecule has 1 atom stereocenters. The van der Waals surface area contributed by atoms with Crippen molar-refractivity contribution in [3.63, 3.8) is 0 Å². The van der Waals surface area contributed by atoms with Gasteiger partial charge in [0.1, 0.15) is 0 Å². The molecule has 3 heterocycles. The first-order valence-electron chi connectivity index (χ1n) is 6.71. The van der Waals surface area contributed by atoms with Crippen LogP contribution in [0.15, 0.2) is 6.33 Å². The lowest BCUT2D eigenvalue weighted by atomic mass is 10.1. The summed E-state index contributed by atoms with van der Waals surface area (Å²) in [7, 11) is 2.10. The average Bonchev–Trinajstić information content (AvgIpc) is 2.88. The van der Waals surface area contributed by atoms with Crippen molar-refractivity contribution in [3.8, 4) is 0 Å². The maximum atomic E-state index is 12.2. The van der Waals surface area contributed by atoms with Gasteiger partial charge in [-0.3, -0.25) is 15.5 Å². The van der Waals surface area contributed by atoms with Crippen LogP contribution < -0.4 is 10.7 Å². The van der Waals surface area contributed by atoms with Crippen LogP contribution >= 0.6 is 0 Å². The summed E-state index contributed by atoms with van der Waals surface area (Å²) in [5.41, 5.74) is 5.08. The van der Waals surface area contributed by atoms with Gasteiger partial charge in [-0.2, -0.15) is 0 Å². The molecule has 7 heteroatoms. The van der Waals surface area contributed by atoms with E-state index in [2.05, 4.69) is 32.7 Å². The number of fused-ring (bicyclic) bond motifs is 1. The fourth-order valence-electron chi connectivity index (χ4n) is 2.51. The average molecular weight is 264 g/mol. The van der Waals surface area contributed by atoms with E-state index in [-0.39, 0.29) is 11.9 Å². The van der Waals surface area contributed by atoms with Crippen LogP contribution in [-0.2, 0) is 17.8 Å². The summed E-state index contributed by atoms with van der Waals surface area (Å²) in [6.07, 6.45) is 2.34. The van der Waals surface area contributed by atoms with Crippen LogP contribution in [0.25, 0.3) is 0 Å². The highest BCUT2D eigenvalue weighted by Gasteiger charge is 2.27. The lowest BCUT2D eigenvalue weighted by molar-refractivity contribution is -0.129. The number of rotatable bonds is 2. The number of hydrogen-bond donors (Lipinski definition) is 3. The largest absolute Gasteiger partial charge is 0.347 e. The van der Waals surface area contributed by atoms with E-state index in [0.717, 1.165) is 37.6 Å². The topological polar surface area (TPSA) is 76.3 Å². The van der Waals surface area contributed by atoms with E-state index in [1.165, 1.54) is 0 Å². The highest BCUT2D eigenvalue weighted by molar-refractivity contribution is 5.81. The smallest absolute Gasteiger partial charge is 0.251 e. The normalized spacial score (nSPS) is 25.0. The predicted molar refractivity (Wildman–Crippen MR) is 70.1 cm³/mol. The van der Waals surface area contributed by atoms with Crippen molar-refractivity contribution in [2.24, 2.45) is 0 Å². The minimum absolute atomic E-state index is 0.0400. The van der Waals surface area contributed by atoms with E-state index < -0.39 is 0 Å². The molecule has 2 aliphatic rings. The molecule has 1 amide bonds. The third kappa shape index (κ3) is 2.78. The Kier molecular flexibility index (Phi) is 3.50. The van der Waals surface area contributed by atoms with E-state index in [4.69, 9.17) is 0 Å². The predicted octanol–water partition coefficient (Wildman–Crippen LogP) is -1.30. The molecule has 1 aromatic rings. The summed E-state index contributed by atoms with van der Waals surface area (Å²) in [5.74, 6) is 0.0400. The number of aromatic nitrogens is 2. The molecule has 3 rings (SSSR count). The summed E-state index contributed by atoms with van der Waals surface area (Å²) in [4.78, 5) is 21.8. The Balaban J connectivity index is 1.54. The Morgan fingerprint density at radius 3 is 3.00 bits per heavy atom. The molecule has 7 nitrogen and oxygen atoms in total. The number of H-pyrrole nitrogens is 1. The highest BCUT2D eigenvalue weighted by atomic mass is 16.2. The van der Waals surface area contributed by atoms with Crippen LogP contribution in [0.3, 0.4) is 0 Å². The summed E-state index contributed by atoms with van der Waals surface area (Å²) in [6.45, 7) is 4.41. The molecule has 0 aromatic carbocycles. The van der Waals surface area contributed by atoms with Gasteiger partial charge in [-0.15, -0.1) is 0 Å². The Morgan fingerprint density at radius 1 is 1.42 bits per heavy atom. The number of carbonyl (C=O) groups excluding carboxylic acids is 1. The van der Waals surface area contributed by atoms with Crippen LogP contribution in [0.4, 0.5) is 0 Å². The summed E-state index contributed by atoms with van der Waals surface area (Å²) in [5, 5.41) is 5.24. The number of likely N-dealkylation sites (N-methyl/N-ethyl adjacent to an activating group) is 1. The van der Waals surface area contributed by atoms with Crippen LogP contribution in [-0.4, -0.2) is 65.1 Å². The first-order valence-corrected chi connectivity index (χ1v) is 6.71. The lowest BCUT2D eigenvalue weighted by Gasteiger charge is -2.33. The molecule has 19 heavy (non-hydrogen) atoms. The van der Waals surface area contributed by atoms with Crippen LogP contribution in [0.5, 0.6) is 0 Å². The molecule has 0 radical (unpaired) electrons. The molecular weight excluding hydrogens is 244 g/mol. The SMILES string of the molecule is CN1CCN(NC(=O)C2Cc3nc[nH]c3CN2)CC1. The minimum Gasteiger partial charge on any atom is -0.347 e. The second-order valence-corrected chi connectivity index (χ2v) is 5.23. The first-order chi connectivity index (χ1) is 9.22. The maximum absolute atomic E-state index is 12.2. The number of amides is 1. The van der Waals surface area contributed by atoms with Gasteiger partial charge in [0.15, 0.2) is 0 Å². The minimum atomic E-state index is -0.185. The highest BCUT2D eigenvalue weighted by Crippen LogP contribution is 2.12. The zero-order chi connectivity index (χ0) is 13.2. The Labute approximate surface area is 112 Å². The summed E-state index contributed by atoms with van der Waals surface area (Å²) >= 11 is 0. The van der Waals surface area contributed by atoms with Gasteiger partial charge in [-0.1, -0.05) is 0 Å². The molecule has 0 bridgehead atoms. The molecule has 0 saturated carbocycles. The summed E-state index contributed by atoms with van der Waals surface area (Å²) < 4.78 is 0. The zero-order valence-corrected chi connectivity index (χ0v) is 11.1. The van der Waals surface area contributed by atoms with Gasteiger partial charge < -0.3 is 9.88 Å². The Morgan fingerprint density at radius 2 is 2.21 bits per heavy atom. The fourth-order valence-corrected chi connectivity index (χ4v) is 2.51. The molecule has 1 saturated heterocycles. The summed E-state index contributed by atoms with van der Waals surface area (Å²) in [6, 6.07) is -0.185. The van der Waals surface area contributed by atoms with Crippen molar-refractivity contribution in [3.05, 3.63) is 17.7 Å². The van der Waals surface area contributed by atoms with E-state index in [1.54, 1.807) is 6.33 Å². The third-order valence-corrected chi connectivity index (χ3v) is 3.82. The van der Waals surface area contributed by atoms with Gasteiger partial charge in [0.25, 0.3) is 5.91 Å². The quantitative estimate of drug-likeness (QED) is 0.619. The second kappa shape index (κ2) is 5.28. The second-order valence-electron chi connectivity index (χ2n) is 5.23. The Bertz CT molecular complexity index is 451. The first kappa shape index (κ1) is 12.6. The van der Waals surface area contributed by atoms with Crippen molar-refractivity contribution in [2.45, 2.75) is 19.0 Å². The van der Waals surface area contributed by atoms with Crippen LogP contribution in [0.1, 0.15) is 11.4 Å². The number of hydrogen-bond acceptors (Lipinski definition) is 5. The number of nitrogens with one attached hydrogen (secondary N) is 3. The number of hydrazine groups is 1. The standard InChI is InChI=1S/C12H20N6O/c1-17-2-4-18(5-3-17)16-12(19)10-6-9-11(7-13-10)15-8-14-9/h8,10,13H,2-7H2,1H3,(H,14,15)(H,16,19). The van der Waals surface area contributed by atoms with Crippen LogP contribution in [0.2, 0.25) is 0 Å². The molecule has 0 aliphatic carbocycles. The monoisotopic (exact) mass is 264 g/mol. The number of imidazole rings is 1. The van der Waals surface area contributed by atoms with Crippen molar-refractivity contribution >= 4 is 5.91 Å². The fraction of sp³-hybridized carbons (Fsp3) is 0.667. The molecular formula is C12H20N6O. The van der Waals surface area contributed by atoms with Crippen molar-refractivity contribution < 1.29 is 4.79 Å². The van der Waals surface area contributed by atoms with Gasteiger partial charge in [0.05, 0.1) is 23.8 Å². The van der Waals surface area contributed by atoms with E-state index in [0.29, 0.717) is 13.0 Å². The van der Waals surface area contributed by atoms with Gasteiger partial charge in [0.2, 0.25) is 0 Å². The van der Waals surface area contributed by atoms with Crippen molar-refractivity contribution in [1.29, 1.82) is 0 Å². The lowest BCUT2D eigenvalue weighted by Crippen LogP contribution is -2.57. The molecule has 0 spiro atoms. The van der Waals surface area contributed by atoms with Crippen molar-refractivity contribution in [2.75, 3.05) is 33.2 Å². The van der Waals surface area contributed by atoms with Gasteiger partial charge >= 0.3 is 0 Å². The number of aromatic amines is 1. The number of piperazine rings is 1. The van der Waals surface area contributed by atoms with Gasteiger partial charge in [0, 0.05) is 39.1 Å². The van der Waals surface area contributed by atoms with E-state index >= 15 is 0 Å². The number of nitrogens with zero attached hydrogens (tertiary/aromatic N) is 3. The van der Waals surface area contributed by atoms with E-state index in [1.807, 2.05) is 5.01 Å². The third-order valence-electron chi connectivity index (χ3n) is 3.82. The maximum Gasteiger partial charge on any atom is 0.251 e. The molecule has 1 fully saturated rings. The number of carbonyl (C=O) groups is 1. The Hall–Kier alpha value is -1.44. The molecule has 1 aromatic heterocycles. The van der Waals surface area contributed by atoms with Gasteiger partial charge in [-0.05, 0) is 7.05 Å². The molecule has 2 aliphatic heterocycles. The molecule has 3 N–H and O–H groups in total. The van der Waals surface area contributed by atoms with Crippen molar-refractivity contribution in [1.82, 2.24) is 30.6 Å². The van der Waals surface area contributed by atoms with Crippen LogP contribution in [0, 0.1) is 0 Å².